The third kappa shape index (κ3) is 5.07. The fourth-order valence-electron chi connectivity index (χ4n) is 3.40. The average molecular weight is 364 g/mol. The highest BCUT2D eigenvalue weighted by Gasteiger charge is 2.28. The lowest BCUT2D eigenvalue weighted by Crippen LogP contribution is -2.49. The minimum absolute atomic E-state index is 0.0711. The first-order chi connectivity index (χ1) is 13.2. The Labute approximate surface area is 159 Å². The molecule has 0 bridgehead atoms. The van der Waals surface area contributed by atoms with Crippen molar-refractivity contribution in [2.75, 3.05) is 31.6 Å². The first-order valence-corrected chi connectivity index (χ1v) is 9.12. The van der Waals surface area contributed by atoms with Crippen LogP contribution >= 0.6 is 0 Å². The van der Waals surface area contributed by atoms with Gasteiger partial charge in [-0.1, -0.05) is 30.3 Å². The molecule has 2 amide bonds. The molecule has 1 aliphatic rings. The van der Waals surface area contributed by atoms with Crippen molar-refractivity contribution in [3.8, 4) is 6.07 Å². The number of hydrogen-bond donors (Lipinski definition) is 2. The number of amides is 2. The lowest BCUT2D eigenvalue weighted by atomic mass is 9.98. The zero-order chi connectivity index (χ0) is 19.1. The van der Waals surface area contributed by atoms with Crippen LogP contribution in [0.1, 0.15) is 24.1 Å². The smallest absolute Gasteiger partial charge is 0.319 e. The molecule has 2 unspecified atom stereocenters. The second kappa shape index (κ2) is 9.17. The predicted octanol–water partition coefficient (Wildman–Crippen LogP) is 3.14. The quantitative estimate of drug-likeness (QED) is 0.854. The number of benzene rings is 2. The highest BCUT2D eigenvalue weighted by Crippen LogP contribution is 2.25. The van der Waals surface area contributed by atoms with E-state index in [1.54, 1.807) is 24.3 Å². The number of nitriles is 1. The van der Waals surface area contributed by atoms with E-state index < -0.39 is 0 Å². The summed E-state index contributed by atoms with van der Waals surface area (Å²) in [5.74, 6) is 0. The van der Waals surface area contributed by atoms with Gasteiger partial charge in [-0.25, -0.2) is 4.79 Å². The average Bonchev–Trinajstić information content (AvgIpc) is 2.70. The van der Waals surface area contributed by atoms with E-state index in [9.17, 15) is 4.79 Å². The summed E-state index contributed by atoms with van der Waals surface area (Å²) in [5, 5.41) is 14.7. The summed E-state index contributed by atoms with van der Waals surface area (Å²) in [6.07, 6.45) is 0. The van der Waals surface area contributed by atoms with Crippen LogP contribution in [0.2, 0.25) is 0 Å². The molecule has 6 nitrogen and oxygen atoms in total. The van der Waals surface area contributed by atoms with Crippen molar-refractivity contribution >= 4 is 11.7 Å². The van der Waals surface area contributed by atoms with E-state index in [-0.39, 0.29) is 18.1 Å². The molecule has 2 N–H and O–H groups in total. The molecule has 2 aromatic carbocycles. The van der Waals surface area contributed by atoms with Crippen molar-refractivity contribution in [2.45, 2.75) is 19.0 Å². The Bertz CT molecular complexity index is 780. The van der Waals surface area contributed by atoms with Gasteiger partial charge in [0, 0.05) is 24.8 Å². The number of urea groups is 1. The highest BCUT2D eigenvalue weighted by molar-refractivity contribution is 5.89. The van der Waals surface area contributed by atoms with Crippen LogP contribution in [0, 0.1) is 11.3 Å². The van der Waals surface area contributed by atoms with Crippen molar-refractivity contribution in [1.82, 2.24) is 10.2 Å². The van der Waals surface area contributed by atoms with Crippen LogP contribution in [0.15, 0.2) is 54.6 Å². The summed E-state index contributed by atoms with van der Waals surface area (Å²) in [7, 11) is 0. The standard InChI is InChI=1S/C21H24N4O2/c1-16(23-21(26)24-19-9-7-17(15-22)8-10-19)20(18-5-3-2-4-6-18)25-11-13-27-14-12-25/h2-10,16,20H,11-14H2,1H3,(H2,23,24,26). The van der Waals surface area contributed by atoms with Crippen LogP contribution in [0.5, 0.6) is 0 Å². The molecule has 1 heterocycles. The maximum absolute atomic E-state index is 12.5. The molecule has 140 valence electrons. The molecular weight excluding hydrogens is 340 g/mol. The molecule has 6 heteroatoms. The topological polar surface area (TPSA) is 77.4 Å². The van der Waals surface area contributed by atoms with Gasteiger partial charge < -0.3 is 15.4 Å². The number of nitrogens with zero attached hydrogens (tertiary/aromatic N) is 2. The van der Waals surface area contributed by atoms with Gasteiger partial charge in [-0.15, -0.1) is 0 Å². The summed E-state index contributed by atoms with van der Waals surface area (Å²) in [6.45, 7) is 5.10. The first-order valence-electron chi connectivity index (χ1n) is 9.12. The first kappa shape index (κ1) is 18.9. The van der Waals surface area contributed by atoms with Gasteiger partial charge in [0.1, 0.15) is 0 Å². The van der Waals surface area contributed by atoms with Crippen LogP contribution in [0.3, 0.4) is 0 Å². The van der Waals surface area contributed by atoms with Crippen LogP contribution in [-0.4, -0.2) is 43.3 Å². The van der Waals surface area contributed by atoms with E-state index in [0.29, 0.717) is 24.5 Å². The van der Waals surface area contributed by atoms with Gasteiger partial charge in [0.25, 0.3) is 0 Å². The summed E-state index contributed by atoms with van der Waals surface area (Å²) >= 11 is 0. The van der Waals surface area contributed by atoms with Crippen LogP contribution in [0.4, 0.5) is 10.5 Å². The number of ether oxygens (including phenoxy) is 1. The molecule has 1 saturated heterocycles. The minimum atomic E-state index is -0.263. The van der Waals surface area contributed by atoms with Gasteiger partial charge in [-0.2, -0.15) is 5.26 Å². The van der Waals surface area contributed by atoms with Crippen LogP contribution < -0.4 is 10.6 Å². The molecule has 0 aromatic heterocycles. The lowest BCUT2D eigenvalue weighted by Gasteiger charge is -2.38. The number of hydrogen-bond acceptors (Lipinski definition) is 4. The number of rotatable bonds is 5. The Kier molecular flexibility index (Phi) is 6.42. The maximum atomic E-state index is 12.5. The predicted molar refractivity (Wildman–Crippen MR) is 104 cm³/mol. The second-order valence-corrected chi connectivity index (χ2v) is 6.58. The molecule has 0 saturated carbocycles. The summed E-state index contributed by atoms with van der Waals surface area (Å²) in [6, 6.07) is 18.8. The van der Waals surface area contributed by atoms with Crippen LogP contribution in [-0.2, 0) is 4.74 Å². The molecule has 2 aromatic rings. The molecule has 0 spiro atoms. The highest BCUT2D eigenvalue weighted by atomic mass is 16.5. The molecule has 1 aliphatic heterocycles. The number of carbonyl (C=O) groups is 1. The Morgan fingerprint density at radius 3 is 2.41 bits per heavy atom. The summed E-state index contributed by atoms with van der Waals surface area (Å²) in [5.41, 5.74) is 2.39. The van der Waals surface area contributed by atoms with Crippen LogP contribution in [0.25, 0.3) is 0 Å². The summed E-state index contributed by atoms with van der Waals surface area (Å²) in [4.78, 5) is 14.8. The van der Waals surface area contributed by atoms with Gasteiger partial charge in [0.05, 0.1) is 30.9 Å². The fraction of sp³-hybridized carbons (Fsp3) is 0.333. The van der Waals surface area contributed by atoms with E-state index in [1.165, 1.54) is 5.56 Å². The number of morpholine rings is 1. The van der Waals surface area contributed by atoms with Crippen molar-refractivity contribution in [1.29, 1.82) is 5.26 Å². The molecule has 2 atom stereocenters. The molecule has 0 aliphatic carbocycles. The monoisotopic (exact) mass is 364 g/mol. The fourth-order valence-corrected chi connectivity index (χ4v) is 3.40. The van der Waals surface area contributed by atoms with E-state index in [2.05, 4.69) is 33.7 Å². The second-order valence-electron chi connectivity index (χ2n) is 6.58. The van der Waals surface area contributed by atoms with Crippen molar-refractivity contribution in [2.24, 2.45) is 0 Å². The van der Waals surface area contributed by atoms with Crippen molar-refractivity contribution in [3.05, 3.63) is 65.7 Å². The molecule has 3 rings (SSSR count). The molecule has 1 fully saturated rings. The van der Waals surface area contributed by atoms with Crippen molar-refractivity contribution < 1.29 is 9.53 Å². The normalized spacial score (nSPS) is 16.7. The Hall–Kier alpha value is -2.88. The third-order valence-electron chi connectivity index (χ3n) is 4.68. The Morgan fingerprint density at radius 1 is 1.11 bits per heavy atom. The maximum Gasteiger partial charge on any atom is 0.319 e. The van der Waals surface area contributed by atoms with Gasteiger partial charge in [0.2, 0.25) is 0 Å². The number of anilines is 1. The Morgan fingerprint density at radius 2 is 1.78 bits per heavy atom. The minimum Gasteiger partial charge on any atom is -0.379 e. The largest absolute Gasteiger partial charge is 0.379 e. The van der Waals surface area contributed by atoms with Gasteiger partial charge in [0.15, 0.2) is 0 Å². The van der Waals surface area contributed by atoms with Gasteiger partial charge in [-0.05, 0) is 36.8 Å². The van der Waals surface area contributed by atoms with E-state index in [0.717, 1.165) is 13.1 Å². The SMILES string of the molecule is CC(NC(=O)Nc1ccc(C#N)cc1)C(c1ccccc1)N1CCOCC1. The molecule has 27 heavy (non-hydrogen) atoms. The zero-order valence-electron chi connectivity index (χ0n) is 15.4. The van der Waals surface area contributed by atoms with E-state index in [4.69, 9.17) is 10.00 Å². The van der Waals surface area contributed by atoms with Gasteiger partial charge in [-0.3, -0.25) is 4.90 Å². The zero-order valence-corrected chi connectivity index (χ0v) is 15.4. The van der Waals surface area contributed by atoms with Gasteiger partial charge >= 0.3 is 6.03 Å². The van der Waals surface area contributed by atoms with E-state index in [1.807, 2.05) is 25.1 Å². The third-order valence-corrected chi connectivity index (χ3v) is 4.68. The molecule has 0 radical (unpaired) electrons. The number of carbonyl (C=O) groups excluding carboxylic acids is 1. The lowest BCUT2D eigenvalue weighted by molar-refractivity contribution is 0.00974. The van der Waals surface area contributed by atoms with Crippen molar-refractivity contribution in [3.63, 3.8) is 0 Å². The Balaban J connectivity index is 1.68. The molecular formula is C21H24N4O2. The number of nitrogens with one attached hydrogen (secondary N) is 2. The van der Waals surface area contributed by atoms with E-state index >= 15 is 0 Å². The summed E-state index contributed by atoms with van der Waals surface area (Å²) < 4.78 is 5.48.